The van der Waals surface area contributed by atoms with Gasteiger partial charge in [0.25, 0.3) is 0 Å². The maximum Gasteiger partial charge on any atom is 0.221 e. The van der Waals surface area contributed by atoms with E-state index in [1.807, 2.05) is 12.1 Å². The fraction of sp³-hybridized carbons (Fsp3) is 0.111. The summed E-state index contributed by atoms with van der Waals surface area (Å²) in [5, 5.41) is 22.2. The number of rotatable bonds is 2. The van der Waals surface area contributed by atoms with E-state index in [0.717, 1.165) is 0 Å². The zero-order chi connectivity index (χ0) is 17.9. The van der Waals surface area contributed by atoms with Gasteiger partial charge in [-0.3, -0.25) is 9.59 Å². The van der Waals surface area contributed by atoms with Crippen LogP contribution < -0.4 is 10.6 Å². The lowest BCUT2D eigenvalue weighted by Crippen LogP contribution is -2.05. The van der Waals surface area contributed by atoms with E-state index < -0.39 is 0 Å². The molecule has 0 saturated heterocycles. The highest BCUT2D eigenvalue weighted by atomic mass is 16.2. The number of anilines is 2. The van der Waals surface area contributed by atoms with E-state index in [1.54, 1.807) is 48.5 Å². The summed E-state index contributed by atoms with van der Waals surface area (Å²) in [6.07, 6.45) is 0. The van der Waals surface area contributed by atoms with Crippen LogP contribution in [-0.4, -0.2) is 11.8 Å². The lowest BCUT2D eigenvalue weighted by molar-refractivity contribution is -0.115. The molecule has 0 unspecified atom stereocenters. The third-order valence-corrected chi connectivity index (χ3v) is 2.65. The topological polar surface area (TPSA) is 106 Å². The molecule has 0 radical (unpaired) electrons. The molecule has 0 aliphatic rings. The number of benzene rings is 2. The van der Waals surface area contributed by atoms with Gasteiger partial charge in [-0.1, -0.05) is 6.07 Å². The molecule has 2 aromatic rings. The smallest absolute Gasteiger partial charge is 0.221 e. The summed E-state index contributed by atoms with van der Waals surface area (Å²) >= 11 is 0. The predicted octanol–water partition coefficient (Wildman–Crippen LogP) is 3.03. The first-order valence-electron chi connectivity index (χ1n) is 7.00. The molecule has 0 aliphatic carbocycles. The number of hydrogen-bond donors (Lipinski definition) is 2. The number of nitriles is 2. The summed E-state index contributed by atoms with van der Waals surface area (Å²) in [7, 11) is 0. The first kappa shape index (κ1) is 18.4. The van der Waals surface area contributed by atoms with Gasteiger partial charge in [0.15, 0.2) is 0 Å². The molecule has 0 saturated carbocycles. The van der Waals surface area contributed by atoms with Gasteiger partial charge >= 0.3 is 0 Å². The Labute approximate surface area is 140 Å². The Morgan fingerprint density at radius 3 is 1.83 bits per heavy atom. The van der Waals surface area contributed by atoms with Gasteiger partial charge in [-0.15, -0.1) is 0 Å². The van der Waals surface area contributed by atoms with E-state index in [-0.39, 0.29) is 11.8 Å². The molecular weight excluding hydrogens is 304 g/mol. The minimum atomic E-state index is -0.134. The molecule has 120 valence electrons. The second-order valence-electron chi connectivity index (χ2n) is 4.74. The summed E-state index contributed by atoms with van der Waals surface area (Å²) in [6.45, 7) is 2.87. The van der Waals surface area contributed by atoms with E-state index in [4.69, 9.17) is 10.5 Å². The highest BCUT2D eigenvalue weighted by molar-refractivity contribution is 5.89. The van der Waals surface area contributed by atoms with Crippen LogP contribution in [0, 0.1) is 22.7 Å². The Balaban J connectivity index is 0.000000240. The second kappa shape index (κ2) is 9.39. The van der Waals surface area contributed by atoms with Crippen molar-refractivity contribution >= 4 is 23.2 Å². The highest BCUT2D eigenvalue weighted by Gasteiger charge is 1.96. The zero-order valence-electron chi connectivity index (χ0n) is 13.3. The van der Waals surface area contributed by atoms with E-state index in [1.165, 1.54) is 13.8 Å². The van der Waals surface area contributed by atoms with Crippen LogP contribution in [0.5, 0.6) is 0 Å². The van der Waals surface area contributed by atoms with Crippen LogP contribution in [0.4, 0.5) is 11.4 Å². The standard InChI is InChI=1S/2C9H8N2O/c1-7(12)11-9-4-2-8(6-10)3-5-9;1-7(12)11-9-4-2-3-8(5-9)6-10/h2*2-5H,1H3,(H,11,12). The van der Waals surface area contributed by atoms with E-state index in [0.29, 0.717) is 22.5 Å². The Hall–Kier alpha value is -3.64. The van der Waals surface area contributed by atoms with Crippen LogP contribution in [0.3, 0.4) is 0 Å². The molecule has 0 heterocycles. The molecule has 2 N–H and O–H groups in total. The molecule has 2 amide bonds. The monoisotopic (exact) mass is 320 g/mol. The minimum absolute atomic E-state index is 0.111. The van der Waals surface area contributed by atoms with E-state index >= 15 is 0 Å². The van der Waals surface area contributed by atoms with Crippen LogP contribution in [0.2, 0.25) is 0 Å². The zero-order valence-corrected chi connectivity index (χ0v) is 13.3. The third kappa shape index (κ3) is 6.88. The fourth-order valence-electron chi connectivity index (χ4n) is 1.70. The summed E-state index contributed by atoms with van der Waals surface area (Å²) in [5.41, 5.74) is 2.49. The van der Waals surface area contributed by atoms with Crippen LogP contribution in [0.1, 0.15) is 25.0 Å². The number of carbonyl (C=O) groups excluding carboxylic acids is 2. The maximum atomic E-state index is 10.6. The molecule has 6 nitrogen and oxygen atoms in total. The summed E-state index contributed by atoms with van der Waals surface area (Å²) in [6, 6.07) is 17.5. The number of amides is 2. The van der Waals surface area contributed by atoms with Crippen LogP contribution in [0.25, 0.3) is 0 Å². The van der Waals surface area contributed by atoms with Gasteiger partial charge in [0.05, 0.1) is 23.3 Å². The first-order chi connectivity index (χ1) is 11.4. The molecule has 6 heteroatoms. The van der Waals surface area contributed by atoms with E-state index in [9.17, 15) is 9.59 Å². The molecule has 0 bridgehead atoms. The number of hydrogen-bond acceptors (Lipinski definition) is 4. The van der Waals surface area contributed by atoms with Gasteiger partial charge in [0.2, 0.25) is 11.8 Å². The molecule has 0 aliphatic heterocycles. The van der Waals surface area contributed by atoms with E-state index in [2.05, 4.69) is 10.6 Å². The predicted molar refractivity (Wildman–Crippen MR) is 90.9 cm³/mol. The van der Waals surface area contributed by atoms with Crippen LogP contribution >= 0.6 is 0 Å². The van der Waals surface area contributed by atoms with Crippen molar-refractivity contribution in [2.75, 3.05) is 10.6 Å². The van der Waals surface area contributed by atoms with Crippen LogP contribution in [-0.2, 0) is 9.59 Å². The molecule has 0 fully saturated rings. The minimum Gasteiger partial charge on any atom is -0.326 e. The molecule has 2 aromatic carbocycles. The number of nitrogens with zero attached hydrogens (tertiary/aromatic N) is 2. The summed E-state index contributed by atoms with van der Waals surface area (Å²) in [5.74, 6) is -0.246. The van der Waals surface area contributed by atoms with Crippen molar-refractivity contribution in [1.29, 1.82) is 10.5 Å². The normalized spacial score (nSPS) is 8.67. The van der Waals surface area contributed by atoms with Gasteiger partial charge in [0.1, 0.15) is 0 Å². The van der Waals surface area contributed by atoms with Crippen molar-refractivity contribution in [3.8, 4) is 12.1 Å². The molecule has 0 aromatic heterocycles. The average Bonchev–Trinajstić information content (AvgIpc) is 2.55. The third-order valence-electron chi connectivity index (χ3n) is 2.65. The highest BCUT2D eigenvalue weighted by Crippen LogP contribution is 2.09. The number of nitrogens with one attached hydrogen (secondary N) is 2. The molecular formula is C18H16N4O2. The van der Waals surface area contributed by atoms with Crippen molar-refractivity contribution in [3.63, 3.8) is 0 Å². The number of carbonyl (C=O) groups is 2. The Morgan fingerprint density at radius 2 is 1.33 bits per heavy atom. The van der Waals surface area contributed by atoms with Crippen LogP contribution in [0.15, 0.2) is 48.5 Å². The lowest BCUT2D eigenvalue weighted by atomic mass is 10.2. The second-order valence-corrected chi connectivity index (χ2v) is 4.74. The summed E-state index contributed by atoms with van der Waals surface area (Å²) in [4.78, 5) is 21.2. The van der Waals surface area contributed by atoms with Crippen molar-refractivity contribution in [1.82, 2.24) is 0 Å². The van der Waals surface area contributed by atoms with Crippen molar-refractivity contribution in [2.24, 2.45) is 0 Å². The van der Waals surface area contributed by atoms with Crippen molar-refractivity contribution < 1.29 is 9.59 Å². The largest absolute Gasteiger partial charge is 0.326 e. The fourth-order valence-corrected chi connectivity index (χ4v) is 1.70. The van der Waals surface area contributed by atoms with Gasteiger partial charge in [-0.25, -0.2) is 0 Å². The quantitative estimate of drug-likeness (QED) is 0.887. The first-order valence-corrected chi connectivity index (χ1v) is 7.00. The SMILES string of the molecule is CC(=O)Nc1ccc(C#N)cc1.CC(=O)Nc1cccc(C#N)c1. The van der Waals surface area contributed by atoms with Gasteiger partial charge in [-0.05, 0) is 42.5 Å². The molecule has 24 heavy (non-hydrogen) atoms. The maximum absolute atomic E-state index is 10.6. The van der Waals surface area contributed by atoms with Gasteiger partial charge in [-0.2, -0.15) is 10.5 Å². The van der Waals surface area contributed by atoms with Gasteiger partial charge < -0.3 is 10.6 Å². The molecule has 2 rings (SSSR count). The van der Waals surface area contributed by atoms with Crippen molar-refractivity contribution in [3.05, 3.63) is 59.7 Å². The Kier molecular flexibility index (Phi) is 7.20. The van der Waals surface area contributed by atoms with Gasteiger partial charge in [0, 0.05) is 25.2 Å². The average molecular weight is 320 g/mol. The van der Waals surface area contributed by atoms with Crippen molar-refractivity contribution in [2.45, 2.75) is 13.8 Å². The Bertz CT molecular complexity index is 799. The Morgan fingerprint density at radius 1 is 0.792 bits per heavy atom. The molecule has 0 spiro atoms. The lowest BCUT2D eigenvalue weighted by Gasteiger charge is -2.00. The molecule has 0 atom stereocenters. The summed E-state index contributed by atoms with van der Waals surface area (Å²) < 4.78 is 0.